The Bertz CT molecular complexity index is 1240. The minimum absolute atomic E-state index is 0.0467. The van der Waals surface area contributed by atoms with Crippen molar-refractivity contribution in [1.82, 2.24) is 15.3 Å². The minimum atomic E-state index is -0.224. The van der Waals surface area contributed by atoms with Crippen molar-refractivity contribution in [2.45, 2.75) is 38.1 Å². The van der Waals surface area contributed by atoms with E-state index in [1.807, 2.05) is 36.5 Å². The summed E-state index contributed by atoms with van der Waals surface area (Å²) in [6.45, 7) is 0.716. The first-order valence-corrected chi connectivity index (χ1v) is 12.3. The Kier molecular flexibility index (Phi) is 6.72. The Hall–Kier alpha value is -3.44. The van der Waals surface area contributed by atoms with Crippen LogP contribution in [0.25, 0.3) is 22.0 Å². The summed E-state index contributed by atoms with van der Waals surface area (Å²) in [7, 11) is 0. The van der Waals surface area contributed by atoms with Crippen LogP contribution >= 0.6 is 0 Å². The number of H-pyrrole nitrogens is 1. The lowest BCUT2D eigenvalue weighted by Gasteiger charge is -2.28. The maximum atomic E-state index is 13.3. The molecule has 0 radical (unpaired) electrons. The van der Waals surface area contributed by atoms with Crippen LogP contribution in [-0.4, -0.2) is 22.4 Å². The van der Waals surface area contributed by atoms with E-state index in [0.29, 0.717) is 18.9 Å². The quantitative estimate of drug-likeness (QED) is 0.351. The lowest BCUT2D eigenvalue weighted by Crippen LogP contribution is -2.37. The molecule has 0 aliphatic heterocycles. The van der Waals surface area contributed by atoms with Crippen molar-refractivity contribution in [2.24, 2.45) is 17.6 Å². The number of rotatable bonds is 7. The highest BCUT2D eigenvalue weighted by Crippen LogP contribution is 2.30. The van der Waals surface area contributed by atoms with Crippen LogP contribution in [0.1, 0.15) is 43.1 Å². The number of hydrogen-bond acceptors (Lipinski definition) is 3. The van der Waals surface area contributed by atoms with Crippen molar-refractivity contribution in [3.05, 3.63) is 90.4 Å². The number of nitrogens with two attached hydrogens (primary N) is 1. The Morgan fingerprint density at radius 2 is 1.71 bits per heavy atom. The van der Waals surface area contributed by atoms with Crippen LogP contribution < -0.4 is 11.1 Å². The van der Waals surface area contributed by atoms with E-state index in [-0.39, 0.29) is 17.9 Å². The highest BCUT2D eigenvalue weighted by molar-refractivity contribution is 5.83. The lowest BCUT2D eigenvalue weighted by atomic mass is 9.81. The van der Waals surface area contributed by atoms with Gasteiger partial charge in [0.1, 0.15) is 5.82 Å². The van der Waals surface area contributed by atoms with Gasteiger partial charge in [0.2, 0.25) is 5.91 Å². The summed E-state index contributed by atoms with van der Waals surface area (Å²) in [5.74, 6) is 1.51. The molecule has 0 bridgehead atoms. The number of aromatic nitrogens is 2. The fraction of sp³-hybridized carbons (Fsp3) is 0.310. The van der Waals surface area contributed by atoms with Crippen LogP contribution in [-0.2, 0) is 11.2 Å². The van der Waals surface area contributed by atoms with E-state index in [4.69, 9.17) is 10.7 Å². The molecular formula is C29H32N4O. The van der Waals surface area contributed by atoms with Crippen LogP contribution in [0.2, 0.25) is 0 Å². The third-order valence-electron chi connectivity index (χ3n) is 7.12. The van der Waals surface area contributed by atoms with Crippen molar-refractivity contribution in [3.63, 3.8) is 0 Å². The van der Waals surface area contributed by atoms with Crippen LogP contribution in [0.3, 0.4) is 0 Å². The summed E-state index contributed by atoms with van der Waals surface area (Å²) < 4.78 is 0. The second-order valence-electron chi connectivity index (χ2n) is 9.44. The van der Waals surface area contributed by atoms with Gasteiger partial charge in [-0.2, -0.15) is 0 Å². The molecule has 34 heavy (non-hydrogen) atoms. The molecule has 0 spiro atoms. The zero-order valence-corrected chi connectivity index (χ0v) is 19.4. The van der Waals surface area contributed by atoms with Gasteiger partial charge in [-0.05, 0) is 60.9 Å². The summed E-state index contributed by atoms with van der Waals surface area (Å²) >= 11 is 0. The van der Waals surface area contributed by atoms with Crippen molar-refractivity contribution >= 4 is 16.7 Å². The van der Waals surface area contributed by atoms with Crippen LogP contribution in [0.15, 0.2) is 79.0 Å². The Balaban J connectivity index is 1.39. The molecule has 4 N–H and O–H groups in total. The smallest absolute Gasteiger partial charge is 0.223 e. The summed E-state index contributed by atoms with van der Waals surface area (Å²) in [4.78, 5) is 21.5. The topological polar surface area (TPSA) is 83.8 Å². The first-order valence-electron chi connectivity index (χ1n) is 12.3. The van der Waals surface area contributed by atoms with E-state index >= 15 is 0 Å². The van der Waals surface area contributed by atoms with E-state index in [9.17, 15) is 4.79 Å². The highest BCUT2D eigenvalue weighted by Gasteiger charge is 2.28. The fourth-order valence-electron chi connectivity index (χ4n) is 5.04. The van der Waals surface area contributed by atoms with Gasteiger partial charge in [-0.3, -0.25) is 4.79 Å². The molecule has 0 unspecified atom stereocenters. The van der Waals surface area contributed by atoms with E-state index in [2.05, 4.69) is 52.8 Å². The molecule has 5 rings (SSSR count). The number of fused-ring (bicyclic) bond motifs is 1. The second-order valence-corrected chi connectivity index (χ2v) is 9.44. The van der Waals surface area contributed by atoms with Gasteiger partial charge in [0.25, 0.3) is 0 Å². The maximum absolute atomic E-state index is 13.3. The Morgan fingerprint density at radius 3 is 2.47 bits per heavy atom. The molecule has 5 nitrogen and oxygen atoms in total. The third-order valence-corrected chi connectivity index (χ3v) is 7.12. The van der Waals surface area contributed by atoms with E-state index < -0.39 is 0 Å². The molecular weight excluding hydrogens is 420 g/mol. The number of hydrogen-bond donors (Lipinski definition) is 3. The number of nitrogens with one attached hydrogen (secondary N) is 2. The monoisotopic (exact) mass is 452 g/mol. The lowest BCUT2D eigenvalue weighted by molar-refractivity contribution is -0.127. The predicted molar refractivity (Wildman–Crippen MR) is 137 cm³/mol. The average molecular weight is 453 g/mol. The molecule has 1 amide bonds. The first-order chi connectivity index (χ1) is 16.7. The first kappa shape index (κ1) is 22.4. The maximum Gasteiger partial charge on any atom is 0.223 e. The van der Waals surface area contributed by atoms with E-state index in [1.165, 1.54) is 16.3 Å². The van der Waals surface area contributed by atoms with Crippen LogP contribution in [0.4, 0.5) is 0 Å². The van der Waals surface area contributed by atoms with E-state index in [0.717, 1.165) is 42.8 Å². The summed E-state index contributed by atoms with van der Waals surface area (Å²) in [5, 5.41) is 5.75. The fourth-order valence-corrected chi connectivity index (χ4v) is 5.04. The SMILES string of the molecule is NC[C@H]1CC[C@H](C(=O)N[C@@H](Cc2ccc3ccccc3c2)c2nc(-c3ccccc3)c[nH]2)CC1. The summed E-state index contributed by atoms with van der Waals surface area (Å²) in [5.41, 5.74) is 8.96. The molecule has 1 aromatic heterocycles. The van der Waals surface area contributed by atoms with Gasteiger partial charge in [-0.15, -0.1) is 0 Å². The molecule has 0 saturated heterocycles. The van der Waals surface area contributed by atoms with Gasteiger partial charge in [-0.25, -0.2) is 4.98 Å². The standard InChI is InChI=1S/C29H32N4O/c30-18-20-10-14-24(15-11-20)29(34)33-26(17-21-12-13-22-6-4-5-9-25(22)16-21)28-31-19-27(32-28)23-7-2-1-3-8-23/h1-9,12-13,16,19-20,24,26H,10-11,14-15,17-18,30H2,(H,31,32)(H,33,34)/t20-,24-,26-/m0/s1. The Morgan fingerprint density at radius 1 is 0.971 bits per heavy atom. The number of nitrogens with zero attached hydrogens (tertiary/aromatic N) is 1. The molecule has 1 aliphatic rings. The minimum Gasteiger partial charge on any atom is -0.346 e. The van der Waals surface area contributed by atoms with Crippen molar-refractivity contribution in [3.8, 4) is 11.3 Å². The number of amides is 1. The third kappa shape index (κ3) is 5.05. The molecule has 1 saturated carbocycles. The van der Waals surface area contributed by atoms with Gasteiger partial charge in [0.05, 0.1) is 11.7 Å². The van der Waals surface area contributed by atoms with E-state index in [1.54, 1.807) is 0 Å². The molecule has 5 heteroatoms. The Labute approximate surface area is 200 Å². The zero-order chi connectivity index (χ0) is 23.3. The number of imidazole rings is 1. The van der Waals surface area contributed by atoms with Gasteiger partial charge >= 0.3 is 0 Å². The van der Waals surface area contributed by atoms with Crippen molar-refractivity contribution in [1.29, 1.82) is 0 Å². The number of carbonyl (C=O) groups is 1. The molecule has 1 aliphatic carbocycles. The zero-order valence-electron chi connectivity index (χ0n) is 19.4. The molecule has 174 valence electrons. The van der Waals surface area contributed by atoms with Gasteiger partial charge in [0.15, 0.2) is 0 Å². The number of aromatic amines is 1. The van der Waals surface area contributed by atoms with Crippen LogP contribution in [0.5, 0.6) is 0 Å². The average Bonchev–Trinajstić information content (AvgIpc) is 3.39. The summed E-state index contributed by atoms with van der Waals surface area (Å²) in [6.07, 6.45) is 6.48. The van der Waals surface area contributed by atoms with Crippen LogP contribution in [0, 0.1) is 11.8 Å². The molecule has 1 atom stereocenters. The van der Waals surface area contributed by atoms with Gasteiger partial charge in [-0.1, -0.05) is 72.8 Å². The normalized spacial score (nSPS) is 19.1. The molecule has 4 aromatic rings. The predicted octanol–water partition coefficient (Wildman–Crippen LogP) is 5.40. The molecule has 1 fully saturated rings. The molecule has 1 heterocycles. The second kappa shape index (κ2) is 10.2. The van der Waals surface area contributed by atoms with Crippen molar-refractivity contribution < 1.29 is 4.79 Å². The van der Waals surface area contributed by atoms with Gasteiger partial charge < -0.3 is 16.0 Å². The highest BCUT2D eigenvalue weighted by atomic mass is 16.1. The van der Waals surface area contributed by atoms with Crippen molar-refractivity contribution in [2.75, 3.05) is 6.54 Å². The molecule has 3 aromatic carbocycles. The number of benzene rings is 3. The largest absolute Gasteiger partial charge is 0.346 e. The van der Waals surface area contributed by atoms with Gasteiger partial charge in [0, 0.05) is 17.7 Å². The number of carbonyl (C=O) groups excluding carboxylic acids is 1. The summed E-state index contributed by atoms with van der Waals surface area (Å²) in [6, 6.07) is 24.8.